The van der Waals surface area contributed by atoms with E-state index in [1.807, 2.05) is 6.92 Å². The van der Waals surface area contributed by atoms with Crippen LogP contribution >= 0.6 is 11.3 Å². The van der Waals surface area contributed by atoms with E-state index in [9.17, 15) is 4.79 Å². The van der Waals surface area contributed by atoms with Gasteiger partial charge in [-0.25, -0.2) is 4.98 Å². The lowest BCUT2D eigenvalue weighted by atomic mass is 10.4. The number of anilines is 2. The summed E-state index contributed by atoms with van der Waals surface area (Å²) in [6.45, 7) is 3.96. The van der Waals surface area contributed by atoms with Crippen molar-refractivity contribution in [1.29, 1.82) is 0 Å². The normalized spacial score (nSPS) is 10.4. The van der Waals surface area contributed by atoms with Gasteiger partial charge in [-0.15, -0.1) is 0 Å². The molecule has 1 amide bonds. The van der Waals surface area contributed by atoms with Gasteiger partial charge in [-0.2, -0.15) is 0 Å². The summed E-state index contributed by atoms with van der Waals surface area (Å²) < 4.78 is 4.93. The smallest absolute Gasteiger partial charge is 0.267 e. The van der Waals surface area contributed by atoms with Crippen molar-refractivity contribution in [3.8, 4) is 0 Å². The van der Waals surface area contributed by atoms with Crippen molar-refractivity contribution in [1.82, 2.24) is 9.88 Å². The number of nitrogens with two attached hydrogens (primary N) is 1. The van der Waals surface area contributed by atoms with Crippen LogP contribution < -0.4 is 11.1 Å². The lowest BCUT2D eigenvalue weighted by molar-refractivity contribution is 0.0800. The molecule has 0 atom stereocenters. The second kappa shape index (κ2) is 7.17. The van der Waals surface area contributed by atoms with Gasteiger partial charge < -0.3 is 20.7 Å². The van der Waals surface area contributed by atoms with Crippen LogP contribution in [0.4, 0.5) is 10.9 Å². The number of hydrogen-bond donors (Lipinski definition) is 2. The second-order valence-corrected chi connectivity index (χ2v) is 4.88. The largest absolute Gasteiger partial charge is 0.383 e. The number of carbonyl (C=O) groups is 1. The first-order chi connectivity index (χ1) is 8.60. The van der Waals surface area contributed by atoms with E-state index in [1.54, 1.807) is 19.1 Å². The molecule has 6 nitrogen and oxygen atoms in total. The highest BCUT2D eigenvalue weighted by molar-refractivity contribution is 7.18. The third-order valence-electron chi connectivity index (χ3n) is 2.34. The number of carbonyl (C=O) groups excluding carboxylic acids is 1. The van der Waals surface area contributed by atoms with Crippen molar-refractivity contribution in [2.45, 2.75) is 13.3 Å². The molecule has 0 spiro atoms. The van der Waals surface area contributed by atoms with Gasteiger partial charge in [0.15, 0.2) is 5.13 Å². The van der Waals surface area contributed by atoms with Crippen molar-refractivity contribution in [3.63, 3.8) is 0 Å². The fraction of sp³-hybridized carbons (Fsp3) is 0.636. The molecular weight excluding hydrogens is 252 g/mol. The average molecular weight is 272 g/mol. The highest BCUT2D eigenvalue weighted by Gasteiger charge is 2.19. The first kappa shape index (κ1) is 14.7. The number of amides is 1. The monoisotopic (exact) mass is 272 g/mol. The number of nitrogens with one attached hydrogen (secondary N) is 1. The average Bonchev–Trinajstić information content (AvgIpc) is 2.70. The Bertz CT molecular complexity index is 394. The molecule has 0 bridgehead atoms. The molecule has 0 saturated heterocycles. The predicted octanol–water partition coefficient (Wildman–Crippen LogP) is 1.27. The molecule has 0 aliphatic rings. The summed E-state index contributed by atoms with van der Waals surface area (Å²) in [6, 6.07) is 0. The van der Waals surface area contributed by atoms with Gasteiger partial charge >= 0.3 is 0 Å². The number of hydrogen-bond acceptors (Lipinski definition) is 6. The van der Waals surface area contributed by atoms with Crippen molar-refractivity contribution < 1.29 is 9.53 Å². The fourth-order valence-corrected chi connectivity index (χ4v) is 2.34. The minimum absolute atomic E-state index is 0.0772. The number of thiazole rings is 1. The molecule has 7 heteroatoms. The van der Waals surface area contributed by atoms with Gasteiger partial charge in [-0.3, -0.25) is 4.79 Å². The van der Waals surface area contributed by atoms with E-state index in [4.69, 9.17) is 10.5 Å². The molecule has 1 aromatic rings. The summed E-state index contributed by atoms with van der Waals surface area (Å²) in [5.74, 6) is 0.208. The summed E-state index contributed by atoms with van der Waals surface area (Å²) in [6.07, 6.45) is 0.917. The highest BCUT2D eigenvalue weighted by atomic mass is 32.1. The lowest BCUT2D eigenvalue weighted by Gasteiger charge is -2.14. The molecule has 0 aromatic carbocycles. The second-order valence-electron chi connectivity index (χ2n) is 3.88. The topological polar surface area (TPSA) is 80.5 Å². The summed E-state index contributed by atoms with van der Waals surface area (Å²) in [7, 11) is 3.40. The van der Waals surface area contributed by atoms with Crippen LogP contribution in [0, 0.1) is 0 Å². The standard InChI is InChI=1S/C11H20N4O2S/c1-4-6-15(2)10(16)8-9(12)14-11(18-8)13-5-7-17-3/h4-7,12H2,1-3H3,(H,13,14). The minimum Gasteiger partial charge on any atom is -0.383 e. The van der Waals surface area contributed by atoms with Crippen LogP contribution in [0.3, 0.4) is 0 Å². The van der Waals surface area contributed by atoms with E-state index in [-0.39, 0.29) is 11.7 Å². The van der Waals surface area contributed by atoms with Crippen LogP contribution in [0.2, 0.25) is 0 Å². The van der Waals surface area contributed by atoms with Gasteiger partial charge in [0.25, 0.3) is 5.91 Å². The molecule has 1 aromatic heterocycles. The molecule has 0 radical (unpaired) electrons. The third kappa shape index (κ3) is 3.85. The zero-order valence-corrected chi connectivity index (χ0v) is 11.8. The highest BCUT2D eigenvalue weighted by Crippen LogP contribution is 2.25. The predicted molar refractivity (Wildman–Crippen MR) is 74.1 cm³/mol. The number of aromatic nitrogens is 1. The molecule has 0 unspecified atom stereocenters. The van der Waals surface area contributed by atoms with Gasteiger partial charge in [-0.1, -0.05) is 18.3 Å². The van der Waals surface area contributed by atoms with Gasteiger partial charge in [0.1, 0.15) is 10.7 Å². The quantitative estimate of drug-likeness (QED) is 0.731. The number of nitrogens with zero attached hydrogens (tertiary/aromatic N) is 2. The molecule has 0 aliphatic carbocycles. The van der Waals surface area contributed by atoms with Crippen LogP contribution in [0.1, 0.15) is 23.0 Å². The SMILES string of the molecule is CCCN(C)C(=O)c1sc(NCCOC)nc1N. The molecule has 0 aliphatic heterocycles. The van der Waals surface area contributed by atoms with E-state index in [1.165, 1.54) is 11.3 Å². The number of nitrogen functional groups attached to an aromatic ring is 1. The molecule has 1 heterocycles. The van der Waals surface area contributed by atoms with Crippen molar-refractivity contribution in [2.24, 2.45) is 0 Å². The van der Waals surface area contributed by atoms with Gasteiger partial charge in [0, 0.05) is 27.2 Å². The number of rotatable bonds is 7. The number of methoxy groups -OCH3 is 1. The summed E-state index contributed by atoms with van der Waals surface area (Å²) in [5.41, 5.74) is 5.76. The summed E-state index contributed by atoms with van der Waals surface area (Å²) in [5, 5.41) is 3.72. The summed E-state index contributed by atoms with van der Waals surface area (Å²) in [4.78, 5) is 18.3. The zero-order valence-electron chi connectivity index (χ0n) is 11.0. The van der Waals surface area contributed by atoms with Crippen LogP contribution in [0.15, 0.2) is 0 Å². The van der Waals surface area contributed by atoms with Crippen molar-refractivity contribution in [3.05, 3.63) is 4.88 Å². The Morgan fingerprint density at radius 2 is 2.33 bits per heavy atom. The first-order valence-electron chi connectivity index (χ1n) is 5.84. The van der Waals surface area contributed by atoms with Crippen LogP contribution in [-0.2, 0) is 4.74 Å². The van der Waals surface area contributed by atoms with E-state index in [0.29, 0.717) is 29.7 Å². The maximum atomic E-state index is 12.1. The van der Waals surface area contributed by atoms with E-state index in [0.717, 1.165) is 6.42 Å². The van der Waals surface area contributed by atoms with Gasteiger partial charge in [0.05, 0.1) is 6.61 Å². The van der Waals surface area contributed by atoms with Crippen molar-refractivity contribution >= 4 is 28.2 Å². The molecule has 1 rings (SSSR count). The maximum Gasteiger partial charge on any atom is 0.267 e. The third-order valence-corrected chi connectivity index (χ3v) is 3.35. The molecule has 3 N–H and O–H groups in total. The lowest BCUT2D eigenvalue weighted by Crippen LogP contribution is -2.27. The Balaban J connectivity index is 2.68. The first-order valence-corrected chi connectivity index (χ1v) is 6.66. The Kier molecular flexibility index (Phi) is 5.87. The Hall–Kier alpha value is -1.34. The van der Waals surface area contributed by atoms with Gasteiger partial charge in [0.2, 0.25) is 0 Å². The van der Waals surface area contributed by atoms with Crippen LogP contribution in [0.25, 0.3) is 0 Å². The number of ether oxygens (including phenoxy) is 1. The van der Waals surface area contributed by atoms with E-state index >= 15 is 0 Å². The molecule has 0 fully saturated rings. The van der Waals surface area contributed by atoms with Crippen LogP contribution in [0.5, 0.6) is 0 Å². The Morgan fingerprint density at radius 3 is 2.94 bits per heavy atom. The molecule has 0 saturated carbocycles. The fourth-order valence-electron chi connectivity index (χ4n) is 1.43. The van der Waals surface area contributed by atoms with E-state index < -0.39 is 0 Å². The maximum absolute atomic E-state index is 12.1. The van der Waals surface area contributed by atoms with Crippen molar-refractivity contribution in [2.75, 3.05) is 44.9 Å². The Morgan fingerprint density at radius 1 is 1.61 bits per heavy atom. The summed E-state index contributed by atoms with van der Waals surface area (Å²) >= 11 is 1.28. The van der Waals surface area contributed by atoms with E-state index in [2.05, 4.69) is 10.3 Å². The molecule has 102 valence electrons. The minimum atomic E-state index is -0.0772. The molecular formula is C11H20N4O2S. The Labute approximate surface area is 111 Å². The zero-order chi connectivity index (χ0) is 13.5. The van der Waals surface area contributed by atoms with Crippen LogP contribution in [-0.4, -0.2) is 49.6 Å². The molecule has 18 heavy (non-hydrogen) atoms. The van der Waals surface area contributed by atoms with Gasteiger partial charge in [-0.05, 0) is 6.42 Å².